The Morgan fingerprint density at radius 1 is 1.07 bits per heavy atom. The number of benzene rings is 1. The Morgan fingerprint density at radius 3 is 2.29 bits per heavy atom. The second-order valence-electron chi connectivity index (χ2n) is 6.47. The minimum absolute atomic E-state index is 0.203. The highest BCUT2D eigenvalue weighted by Crippen LogP contribution is 2.27. The zero-order chi connectivity index (χ0) is 20.3. The molecule has 3 N–H and O–H groups in total. The van der Waals surface area contributed by atoms with Gasteiger partial charge in [-0.05, 0) is 43.3 Å². The van der Waals surface area contributed by atoms with Crippen molar-refractivity contribution in [3.63, 3.8) is 0 Å². The van der Waals surface area contributed by atoms with Gasteiger partial charge in [-0.15, -0.1) is 0 Å². The molecule has 2 heterocycles. The van der Waals surface area contributed by atoms with E-state index < -0.39 is 29.9 Å². The Labute approximate surface area is 161 Å². The van der Waals surface area contributed by atoms with E-state index in [-0.39, 0.29) is 5.91 Å². The van der Waals surface area contributed by atoms with Crippen LogP contribution in [-0.4, -0.2) is 40.2 Å². The van der Waals surface area contributed by atoms with Crippen molar-refractivity contribution in [2.75, 3.05) is 17.2 Å². The lowest BCUT2D eigenvalue weighted by molar-refractivity contribution is -0.133. The van der Waals surface area contributed by atoms with Gasteiger partial charge in [0.25, 0.3) is 5.91 Å². The zero-order valence-corrected chi connectivity index (χ0v) is 15.4. The number of amides is 5. The van der Waals surface area contributed by atoms with E-state index >= 15 is 0 Å². The Balaban J connectivity index is 1.66. The number of imide groups is 1. The van der Waals surface area contributed by atoms with Gasteiger partial charge in [0.1, 0.15) is 6.54 Å². The minimum atomic E-state index is -1.32. The van der Waals surface area contributed by atoms with Crippen molar-refractivity contribution in [1.82, 2.24) is 15.2 Å². The molecule has 9 heteroatoms. The van der Waals surface area contributed by atoms with Gasteiger partial charge in [-0.2, -0.15) is 0 Å². The van der Waals surface area contributed by atoms with Crippen LogP contribution in [0.1, 0.15) is 19.5 Å². The number of nitrogens with one attached hydrogen (secondary N) is 3. The van der Waals surface area contributed by atoms with Gasteiger partial charge in [-0.25, -0.2) is 4.79 Å². The van der Waals surface area contributed by atoms with Gasteiger partial charge in [0.2, 0.25) is 11.8 Å². The monoisotopic (exact) mass is 381 g/mol. The van der Waals surface area contributed by atoms with Crippen LogP contribution in [0.25, 0.3) is 0 Å². The summed E-state index contributed by atoms with van der Waals surface area (Å²) in [6.45, 7) is 2.52. The highest BCUT2D eigenvalue weighted by molar-refractivity contribution is 6.10. The molecule has 1 aromatic heterocycles. The zero-order valence-electron chi connectivity index (χ0n) is 15.4. The third-order valence-electron chi connectivity index (χ3n) is 4.24. The molecular weight excluding hydrogens is 362 g/mol. The predicted octanol–water partition coefficient (Wildman–Crippen LogP) is 1.45. The van der Waals surface area contributed by atoms with Gasteiger partial charge in [0.15, 0.2) is 5.54 Å². The maximum atomic E-state index is 12.8. The summed E-state index contributed by atoms with van der Waals surface area (Å²) in [5.74, 6) is -1.28. The summed E-state index contributed by atoms with van der Waals surface area (Å²) in [7, 11) is 0. The van der Waals surface area contributed by atoms with Crippen LogP contribution in [-0.2, 0) is 19.9 Å². The number of anilines is 2. The number of carbonyl (C=O) groups excluding carboxylic acids is 4. The van der Waals surface area contributed by atoms with Crippen molar-refractivity contribution in [1.29, 1.82) is 0 Å². The van der Waals surface area contributed by atoms with Crippen LogP contribution in [0.3, 0.4) is 0 Å². The molecule has 0 radical (unpaired) electrons. The van der Waals surface area contributed by atoms with Crippen LogP contribution in [0.2, 0.25) is 0 Å². The number of aromatic nitrogens is 1. The standard InChI is InChI=1S/C19H19N5O4/c1-12(25)21-13-6-8-14(9-7-13)22-16(26)11-24-17(27)19(2,23-18(24)28)15-5-3-4-10-20-15/h3-10H,11H2,1-2H3,(H,21,25)(H,22,26)(H,23,28). The van der Waals surface area contributed by atoms with Gasteiger partial charge in [-0.3, -0.25) is 24.3 Å². The molecule has 0 spiro atoms. The number of urea groups is 1. The van der Waals surface area contributed by atoms with E-state index in [4.69, 9.17) is 0 Å². The first-order valence-corrected chi connectivity index (χ1v) is 8.53. The van der Waals surface area contributed by atoms with Gasteiger partial charge in [0, 0.05) is 24.5 Å². The number of pyridine rings is 1. The highest BCUT2D eigenvalue weighted by Gasteiger charge is 2.50. The summed E-state index contributed by atoms with van der Waals surface area (Å²) in [5, 5.41) is 7.83. The topological polar surface area (TPSA) is 120 Å². The van der Waals surface area contributed by atoms with E-state index in [2.05, 4.69) is 20.9 Å². The maximum Gasteiger partial charge on any atom is 0.325 e. The molecule has 28 heavy (non-hydrogen) atoms. The lowest BCUT2D eigenvalue weighted by Crippen LogP contribution is -2.42. The summed E-state index contributed by atoms with van der Waals surface area (Å²) in [5.41, 5.74) is 0.132. The molecule has 1 unspecified atom stereocenters. The first-order valence-electron chi connectivity index (χ1n) is 8.53. The summed E-state index contributed by atoms with van der Waals surface area (Å²) in [4.78, 5) is 53.3. The van der Waals surface area contributed by atoms with Crippen LogP contribution < -0.4 is 16.0 Å². The van der Waals surface area contributed by atoms with Crippen molar-refractivity contribution in [2.24, 2.45) is 0 Å². The number of hydrogen-bond acceptors (Lipinski definition) is 5. The van der Waals surface area contributed by atoms with E-state index in [9.17, 15) is 19.2 Å². The Bertz CT molecular complexity index is 929. The molecule has 1 aliphatic rings. The first kappa shape index (κ1) is 19.0. The largest absolute Gasteiger partial charge is 0.326 e. The predicted molar refractivity (Wildman–Crippen MR) is 101 cm³/mol. The average molecular weight is 381 g/mol. The van der Waals surface area contributed by atoms with E-state index in [0.29, 0.717) is 17.1 Å². The normalized spacial score (nSPS) is 18.6. The SMILES string of the molecule is CC(=O)Nc1ccc(NC(=O)CN2C(=O)NC(C)(c3ccccn3)C2=O)cc1. The van der Waals surface area contributed by atoms with Crippen molar-refractivity contribution >= 4 is 35.1 Å². The first-order chi connectivity index (χ1) is 13.3. The fourth-order valence-electron chi connectivity index (χ4n) is 2.86. The van der Waals surface area contributed by atoms with E-state index in [1.165, 1.54) is 13.1 Å². The lowest BCUT2D eigenvalue weighted by atomic mass is 9.97. The second kappa shape index (κ2) is 7.47. The molecule has 0 saturated carbocycles. The molecule has 3 rings (SSSR count). The molecule has 1 aliphatic heterocycles. The van der Waals surface area contributed by atoms with Crippen molar-refractivity contribution in [3.05, 3.63) is 54.4 Å². The van der Waals surface area contributed by atoms with Crippen LogP contribution in [0.5, 0.6) is 0 Å². The fourth-order valence-corrected chi connectivity index (χ4v) is 2.86. The molecule has 1 aromatic carbocycles. The van der Waals surface area contributed by atoms with Crippen molar-refractivity contribution in [3.8, 4) is 0 Å². The van der Waals surface area contributed by atoms with Crippen LogP contribution in [0, 0.1) is 0 Å². The molecule has 0 bridgehead atoms. The smallest absolute Gasteiger partial charge is 0.325 e. The Kier molecular flexibility index (Phi) is 5.08. The minimum Gasteiger partial charge on any atom is -0.326 e. The number of carbonyl (C=O) groups is 4. The molecule has 9 nitrogen and oxygen atoms in total. The van der Waals surface area contributed by atoms with Gasteiger partial charge in [-0.1, -0.05) is 6.07 Å². The van der Waals surface area contributed by atoms with Crippen LogP contribution in [0.4, 0.5) is 16.2 Å². The molecule has 5 amide bonds. The summed E-state index contributed by atoms with van der Waals surface area (Å²) >= 11 is 0. The fraction of sp³-hybridized carbons (Fsp3) is 0.211. The third-order valence-corrected chi connectivity index (χ3v) is 4.24. The van der Waals surface area contributed by atoms with Gasteiger partial charge < -0.3 is 16.0 Å². The van der Waals surface area contributed by atoms with E-state index in [1.807, 2.05) is 0 Å². The lowest BCUT2D eigenvalue weighted by Gasteiger charge is -2.20. The van der Waals surface area contributed by atoms with E-state index in [0.717, 1.165) is 4.90 Å². The number of nitrogens with zero attached hydrogens (tertiary/aromatic N) is 2. The van der Waals surface area contributed by atoms with Crippen LogP contribution >= 0.6 is 0 Å². The third kappa shape index (κ3) is 3.83. The van der Waals surface area contributed by atoms with Crippen LogP contribution in [0.15, 0.2) is 48.7 Å². The maximum absolute atomic E-state index is 12.8. The molecule has 1 saturated heterocycles. The molecule has 0 aliphatic carbocycles. The molecule has 1 fully saturated rings. The van der Waals surface area contributed by atoms with Gasteiger partial charge in [0.05, 0.1) is 5.69 Å². The molecule has 2 aromatic rings. The summed E-state index contributed by atoms with van der Waals surface area (Å²) < 4.78 is 0. The van der Waals surface area contributed by atoms with E-state index in [1.54, 1.807) is 49.4 Å². The van der Waals surface area contributed by atoms with Gasteiger partial charge >= 0.3 is 6.03 Å². The molecule has 1 atom stereocenters. The summed E-state index contributed by atoms with van der Waals surface area (Å²) in [6.07, 6.45) is 1.53. The average Bonchev–Trinajstić information content (AvgIpc) is 2.88. The molecular formula is C19H19N5O4. The second-order valence-corrected chi connectivity index (χ2v) is 6.47. The Hall–Kier alpha value is -3.75. The quantitative estimate of drug-likeness (QED) is 0.677. The van der Waals surface area contributed by atoms with Crippen molar-refractivity contribution in [2.45, 2.75) is 19.4 Å². The summed E-state index contributed by atoms with van der Waals surface area (Å²) in [6, 6.07) is 10.9. The highest BCUT2D eigenvalue weighted by atomic mass is 16.2. The number of hydrogen-bond donors (Lipinski definition) is 3. The van der Waals surface area contributed by atoms with Crippen molar-refractivity contribution < 1.29 is 19.2 Å². The Morgan fingerprint density at radius 2 is 1.71 bits per heavy atom. The molecule has 144 valence electrons. The number of rotatable bonds is 5.